The van der Waals surface area contributed by atoms with Crippen molar-refractivity contribution in [1.82, 2.24) is 9.21 Å². The van der Waals surface area contributed by atoms with Crippen molar-refractivity contribution in [2.45, 2.75) is 41.6 Å². The van der Waals surface area contributed by atoms with Gasteiger partial charge >= 0.3 is 0 Å². The molecular weight excluding hydrogens is 446 g/mol. The summed E-state index contributed by atoms with van der Waals surface area (Å²) in [5.74, 6) is 1.26. The third-order valence-corrected chi connectivity index (χ3v) is 9.00. The molecule has 1 saturated heterocycles. The Balaban J connectivity index is 1.72. The molecule has 7 nitrogen and oxygen atoms in total. The van der Waals surface area contributed by atoms with Gasteiger partial charge in [-0.25, -0.2) is 8.42 Å². The van der Waals surface area contributed by atoms with Crippen LogP contribution >= 0.6 is 11.8 Å². The number of methoxy groups -OCH3 is 1. The van der Waals surface area contributed by atoms with E-state index in [9.17, 15) is 13.2 Å². The SMILES string of the molecule is COc1ccccc1CN(C1CCN(C)CC1)S(=O)(=O)c1ccc2c(c1)NC(=O)CCS2. The molecule has 1 fully saturated rings. The lowest BCUT2D eigenvalue weighted by Crippen LogP contribution is -2.46. The number of nitrogens with one attached hydrogen (secondary N) is 1. The van der Waals surface area contributed by atoms with Gasteiger partial charge in [0.05, 0.1) is 17.7 Å². The fourth-order valence-electron chi connectivity index (χ4n) is 4.19. The average molecular weight is 476 g/mol. The van der Waals surface area contributed by atoms with Crippen LogP contribution in [-0.2, 0) is 21.4 Å². The zero-order valence-corrected chi connectivity index (χ0v) is 20.0. The number of fused-ring (bicyclic) bond motifs is 1. The molecule has 0 aromatic heterocycles. The fourth-order valence-corrected chi connectivity index (χ4v) is 6.82. The molecule has 0 atom stereocenters. The molecule has 2 aromatic carbocycles. The van der Waals surface area contributed by atoms with Gasteiger partial charge in [-0.1, -0.05) is 18.2 Å². The second kappa shape index (κ2) is 9.82. The standard InChI is InChI=1S/C23H29N3O4S2/c1-25-12-9-18(10-13-25)26(16-17-5-3-4-6-21(17)30-2)32(28,29)19-7-8-22-20(15-19)24-23(27)11-14-31-22/h3-8,15,18H,9-14,16H2,1-2H3,(H,24,27). The van der Waals surface area contributed by atoms with Gasteiger partial charge in [-0.2, -0.15) is 4.31 Å². The van der Waals surface area contributed by atoms with Crippen LogP contribution in [0.15, 0.2) is 52.3 Å². The number of hydrogen-bond acceptors (Lipinski definition) is 6. The Morgan fingerprint density at radius 1 is 1.19 bits per heavy atom. The first-order chi connectivity index (χ1) is 15.4. The summed E-state index contributed by atoms with van der Waals surface area (Å²) in [6.45, 7) is 1.93. The molecule has 1 N–H and O–H groups in total. The van der Waals surface area contributed by atoms with Crippen LogP contribution in [0.1, 0.15) is 24.8 Å². The molecule has 2 aromatic rings. The van der Waals surface area contributed by atoms with Crippen molar-refractivity contribution >= 4 is 33.4 Å². The first-order valence-corrected chi connectivity index (χ1v) is 13.2. The quantitative estimate of drug-likeness (QED) is 0.690. The summed E-state index contributed by atoms with van der Waals surface area (Å²) in [6.07, 6.45) is 1.95. The molecule has 2 heterocycles. The minimum atomic E-state index is -3.81. The number of anilines is 1. The van der Waals surface area contributed by atoms with Crippen LogP contribution in [0.2, 0.25) is 0 Å². The summed E-state index contributed by atoms with van der Waals surface area (Å²) in [4.78, 5) is 15.3. The number of hydrogen-bond donors (Lipinski definition) is 1. The van der Waals surface area contributed by atoms with Crippen molar-refractivity contribution in [2.24, 2.45) is 0 Å². The van der Waals surface area contributed by atoms with Crippen LogP contribution in [0.4, 0.5) is 5.69 Å². The molecule has 0 radical (unpaired) electrons. The monoisotopic (exact) mass is 475 g/mol. The maximum atomic E-state index is 13.9. The highest BCUT2D eigenvalue weighted by molar-refractivity contribution is 7.99. The zero-order chi connectivity index (χ0) is 22.7. The number of thioether (sulfide) groups is 1. The molecule has 0 saturated carbocycles. The van der Waals surface area contributed by atoms with Gasteiger partial charge in [0.1, 0.15) is 5.75 Å². The molecule has 2 aliphatic heterocycles. The molecule has 0 aliphatic carbocycles. The summed E-state index contributed by atoms with van der Waals surface area (Å²) in [6, 6.07) is 12.5. The smallest absolute Gasteiger partial charge is 0.243 e. The minimum Gasteiger partial charge on any atom is -0.496 e. The lowest BCUT2D eigenvalue weighted by molar-refractivity contribution is -0.115. The van der Waals surface area contributed by atoms with Crippen molar-refractivity contribution in [1.29, 1.82) is 0 Å². The first-order valence-electron chi connectivity index (χ1n) is 10.8. The van der Waals surface area contributed by atoms with Crippen LogP contribution in [-0.4, -0.2) is 62.6 Å². The minimum absolute atomic E-state index is 0.0907. The number of sulfonamides is 1. The van der Waals surface area contributed by atoms with Gasteiger partial charge in [0.25, 0.3) is 0 Å². The summed E-state index contributed by atoms with van der Waals surface area (Å²) < 4.78 is 35.0. The van der Waals surface area contributed by atoms with Crippen molar-refractivity contribution in [2.75, 3.05) is 38.3 Å². The summed E-state index contributed by atoms with van der Waals surface area (Å²) in [5, 5.41) is 2.86. The normalized spacial score (nSPS) is 18.2. The van der Waals surface area contributed by atoms with Gasteiger partial charge < -0.3 is 15.0 Å². The molecule has 1 amide bonds. The van der Waals surface area contributed by atoms with Crippen LogP contribution in [0.25, 0.3) is 0 Å². The predicted octanol–water partition coefficient (Wildman–Crippen LogP) is 3.41. The Hall–Kier alpha value is -2.07. The molecule has 2 aliphatic rings. The number of amides is 1. The Morgan fingerprint density at radius 3 is 2.69 bits per heavy atom. The lowest BCUT2D eigenvalue weighted by Gasteiger charge is -2.36. The van der Waals surface area contributed by atoms with E-state index in [0.29, 0.717) is 23.6 Å². The molecule has 0 bridgehead atoms. The van der Waals surface area contributed by atoms with Crippen molar-refractivity contribution in [3.05, 3.63) is 48.0 Å². The number of benzene rings is 2. The highest BCUT2D eigenvalue weighted by Gasteiger charge is 2.34. The van der Waals surface area contributed by atoms with Crippen molar-refractivity contribution in [3.8, 4) is 5.75 Å². The third kappa shape index (κ3) is 4.96. The number of nitrogens with zero attached hydrogens (tertiary/aromatic N) is 2. The molecule has 4 rings (SSSR count). The number of carbonyl (C=O) groups excluding carboxylic acids is 1. The summed E-state index contributed by atoms with van der Waals surface area (Å²) in [7, 11) is -0.151. The second-order valence-electron chi connectivity index (χ2n) is 8.20. The van der Waals surface area contributed by atoms with Gasteiger partial charge in [0, 0.05) is 35.2 Å². The number of piperidine rings is 1. The molecular formula is C23H29N3O4S2. The summed E-state index contributed by atoms with van der Waals surface area (Å²) in [5.41, 5.74) is 1.40. The third-order valence-electron chi connectivity index (χ3n) is 6.03. The number of likely N-dealkylation sites (tertiary alicyclic amines) is 1. The number of ether oxygens (including phenoxy) is 1. The van der Waals surface area contributed by atoms with E-state index in [1.807, 2.05) is 24.3 Å². The van der Waals surface area contributed by atoms with E-state index < -0.39 is 10.0 Å². The molecule has 0 unspecified atom stereocenters. The Morgan fingerprint density at radius 2 is 1.94 bits per heavy atom. The van der Waals surface area contributed by atoms with Crippen LogP contribution in [0.3, 0.4) is 0 Å². The maximum absolute atomic E-state index is 13.9. The molecule has 9 heteroatoms. The van der Waals surface area contributed by atoms with E-state index >= 15 is 0 Å². The Kier molecular flexibility index (Phi) is 7.09. The second-order valence-corrected chi connectivity index (χ2v) is 11.2. The van der Waals surface area contributed by atoms with Crippen molar-refractivity contribution < 1.29 is 17.9 Å². The highest BCUT2D eigenvalue weighted by atomic mass is 32.2. The number of para-hydroxylation sites is 1. The maximum Gasteiger partial charge on any atom is 0.243 e. The van der Waals surface area contributed by atoms with E-state index in [1.165, 1.54) is 0 Å². The van der Waals surface area contributed by atoms with Gasteiger partial charge in [0.15, 0.2) is 0 Å². The number of carbonyl (C=O) groups is 1. The molecule has 0 spiro atoms. The van der Waals surface area contributed by atoms with Gasteiger partial charge in [0.2, 0.25) is 15.9 Å². The Bertz CT molecular complexity index is 1080. The van der Waals surface area contributed by atoms with Crippen molar-refractivity contribution in [3.63, 3.8) is 0 Å². The molecule has 32 heavy (non-hydrogen) atoms. The van der Waals surface area contributed by atoms with E-state index in [4.69, 9.17) is 4.74 Å². The first kappa shape index (κ1) is 23.1. The van der Waals surface area contributed by atoms with Gasteiger partial charge in [-0.3, -0.25) is 4.79 Å². The van der Waals surface area contributed by atoms with Crippen LogP contribution in [0, 0.1) is 0 Å². The topological polar surface area (TPSA) is 79.0 Å². The lowest BCUT2D eigenvalue weighted by atomic mass is 10.0. The van der Waals surface area contributed by atoms with Gasteiger partial charge in [-0.15, -0.1) is 11.8 Å². The average Bonchev–Trinajstić information content (AvgIpc) is 2.98. The largest absolute Gasteiger partial charge is 0.496 e. The summed E-state index contributed by atoms with van der Waals surface area (Å²) >= 11 is 1.56. The van der Waals surface area contributed by atoms with E-state index in [2.05, 4.69) is 17.3 Å². The van der Waals surface area contributed by atoms with E-state index in [1.54, 1.807) is 41.4 Å². The fraction of sp³-hybridized carbons (Fsp3) is 0.435. The number of rotatable bonds is 6. The molecule has 172 valence electrons. The highest BCUT2D eigenvalue weighted by Crippen LogP contribution is 2.35. The van der Waals surface area contributed by atoms with Crippen LogP contribution in [0.5, 0.6) is 5.75 Å². The van der Waals surface area contributed by atoms with E-state index in [-0.39, 0.29) is 23.4 Å². The van der Waals surface area contributed by atoms with Gasteiger partial charge in [-0.05, 0) is 57.2 Å². The zero-order valence-electron chi connectivity index (χ0n) is 18.4. The van der Waals surface area contributed by atoms with E-state index in [0.717, 1.165) is 36.4 Å². The predicted molar refractivity (Wildman–Crippen MR) is 127 cm³/mol. The Labute approximate surface area is 194 Å². The van der Waals surface area contributed by atoms with Crippen LogP contribution < -0.4 is 10.1 Å².